The van der Waals surface area contributed by atoms with Crippen molar-refractivity contribution < 1.29 is 17.9 Å². The van der Waals surface area contributed by atoms with E-state index in [4.69, 9.17) is 4.74 Å². The maximum absolute atomic E-state index is 12.1. The van der Waals surface area contributed by atoms with Gasteiger partial charge in [-0.05, 0) is 19.1 Å². The highest BCUT2D eigenvalue weighted by molar-refractivity contribution is 7.89. The number of urea groups is 1. The standard InChI is InChI=1S/C15H23N3O4S/c1-11-4-6-13(7-5-11)16-15(19)17-14-9-22-8-12(14)10-23(20,21)18(2)3/h4-7,12,14H,8-10H2,1-3H3,(H2,16,17,19)/t12-,14-/m0/s1. The summed E-state index contributed by atoms with van der Waals surface area (Å²) in [5.74, 6) is -0.304. The van der Waals surface area contributed by atoms with Crippen molar-refractivity contribution >= 4 is 21.7 Å². The summed E-state index contributed by atoms with van der Waals surface area (Å²) in [7, 11) is -0.337. The van der Waals surface area contributed by atoms with Gasteiger partial charge in [-0.2, -0.15) is 0 Å². The molecule has 0 aromatic heterocycles. The molecule has 1 aromatic rings. The molecule has 0 aliphatic carbocycles. The minimum Gasteiger partial charge on any atom is -0.379 e. The largest absolute Gasteiger partial charge is 0.379 e. The van der Waals surface area contributed by atoms with Crippen LogP contribution in [-0.4, -0.2) is 57.9 Å². The Morgan fingerprint density at radius 1 is 1.26 bits per heavy atom. The number of rotatable bonds is 5. The monoisotopic (exact) mass is 341 g/mol. The third-order valence-corrected chi connectivity index (χ3v) is 5.77. The van der Waals surface area contributed by atoms with E-state index < -0.39 is 10.0 Å². The molecule has 0 bridgehead atoms. The highest BCUT2D eigenvalue weighted by atomic mass is 32.2. The van der Waals surface area contributed by atoms with Gasteiger partial charge in [-0.3, -0.25) is 0 Å². The average molecular weight is 341 g/mol. The molecule has 1 aliphatic heterocycles. The predicted octanol–water partition coefficient (Wildman–Crippen LogP) is 1.02. The van der Waals surface area contributed by atoms with Gasteiger partial charge >= 0.3 is 6.03 Å². The first kappa shape index (κ1) is 17.7. The van der Waals surface area contributed by atoms with E-state index in [0.29, 0.717) is 18.9 Å². The summed E-state index contributed by atoms with van der Waals surface area (Å²) in [6.07, 6.45) is 0. The number of nitrogens with zero attached hydrogens (tertiary/aromatic N) is 1. The molecule has 1 heterocycles. The minimum atomic E-state index is -3.33. The first-order valence-corrected chi connectivity index (χ1v) is 9.01. The lowest BCUT2D eigenvalue weighted by molar-refractivity contribution is 0.184. The molecule has 2 amide bonds. The number of hydrogen-bond acceptors (Lipinski definition) is 4. The van der Waals surface area contributed by atoms with Crippen LogP contribution in [0.2, 0.25) is 0 Å². The van der Waals surface area contributed by atoms with Crippen LogP contribution in [0.5, 0.6) is 0 Å². The molecule has 2 atom stereocenters. The average Bonchev–Trinajstić information content (AvgIpc) is 2.87. The summed E-state index contributed by atoms with van der Waals surface area (Å²) in [5.41, 5.74) is 1.79. The number of benzene rings is 1. The first-order chi connectivity index (χ1) is 10.8. The SMILES string of the molecule is Cc1ccc(NC(=O)N[C@H]2COC[C@H]2CS(=O)(=O)N(C)C)cc1. The van der Waals surface area contributed by atoms with Gasteiger partial charge in [0.1, 0.15) is 0 Å². The number of aryl methyl sites for hydroxylation is 1. The topological polar surface area (TPSA) is 87.7 Å². The molecular weight excluding hydrogens is 318 g/mol. The van der Waals surface area contributed by atoms with E-state index in [-0.39, 0.29) is 23.7 Å². The van der Waals surface area contributed by atoms with E-state index in [2.05, 4.69) is 10.6 Å². The van der Waals surface area contributed by atoms with Crippen molar-refractivity contribution in [1.29, 1.82) is 0 Å². The molecule has 8 heteroatoms. The summed E-state index contributed by atoms with van der Waals surface area (Å²) in [4.78, 5) is 12.1. The van der Waals surface area contributed by atoms with Gasteiger partial charge < -0.3 is 15.4 Å². The predicted molar refractivity (Wildman–Crippen MR) is 88.9 cm³/mol. The first-order valence-electron chi connectivity index (χ1n) is 7.40. The van der Waals surface area contributed by atoms with Crippen LogP contribution in [0.15, 0.2) is 24.3 Å². The molecule has 1 aromatic carbocycles. The van der Waals surface area contributed by atoms with Crippen molar-refractivity contribution in [3.05, 3.63) is 29.8 Å². The Balaban J connectivity index is 1.93. The molecule has 0 saturated carbocycles. The Labute approximate surface area is 137 Å². The van der Waals surface area contributed by atoms with Gasteiger partial charge in [0.25, 0.3) is 0 Å². The summed E-state index contributed by atoms with van der Waals surface area (Å²) < 4.78 is 30.5. The van der Waals surface area contributed by atoms with Crippen molar-refractivity contribution in [3.63, 3.8) is 0 Å². The van der Waals surface area contributed by atoms with Gasteiger partial charge in [0.15, 0.2) is 0 Å². The van der Waals surface area contributed by atoms with Crippen LogP contribution in [0.25, 0.3) is 0 Å². The Hall–Kier alpha value is -1.64. The number of carbonyl (C=O) groups excluding carboxylic acids is 1. The second-order valence-corrected chi connectivity index (χ2v) is 8.16. The molecule has 7 nitrogen and oxygen atoms in total. The number of amides is 2. The quantitative estimate of drug-likeness (QED) is 0.837. The van der Waals surface area contributed by atoms with E-state index in [1.54, 1.807) is 0 Å². The zero-order valence-corrected chi connectivity index (χ0v) is 14.4. The Morgan fingerprint density at radius 3 is 2.52 bits per heavy atom. The third kappa shape index (κ3) is 4.92. The van der Waals surface area contributed by atoms with Gasteiger partial charge in [0.2, 0.25) is 10.0 Å². The molecule has 0 spiro atoms. The van der Waals surface area contributed by atoms with E-state index >= 15 is 0 Å². The summed E-state index contributed by atoms with van der Waals surface area (Å²) in [5, 5.41) is 5.53. The van der Waals surface area contributed by atoms with Crippen LogP contribution in [0, 0.1) is 12.8 Å². The van der Waals surface area contributed by atoms with E-state index in [1.165, 1.54) is 18.4 Å². The lowest BCUT2D eigenvalue weighted by atomic mass is 10.1. The summed E-state index contributed by atoms with van der Waals surface area (Å²) >= 11 is 0. The maximum atomic E-state index is 12.1. The summed E-state index contributed by atoms with van der Waals surface area (Å²) in [6, 6.07) is 6.75. The summed E-state index contributed by atoms with van der Waals surface area (Å²) in [6.45, 7) is 2.60. The number of ether oxygens (including phenoxy) is 1. The molecule has 128 valence electrons. The van der Waals surface area contributed by atoms with E-state index in [0.717, 1.165) is 5.56 Å². The molecule has 1 aliphatic rings. The third-order valence-electron chi connectivity index (χ3n) is 3.81. The molecular formula is C15H23N3O4S. The second-order valence-electron chi connectivity index (χ2n) is 5.93. The fourth-order valence-corrected chi connectivity index (χ4v) is 3.48. The van der Waals surface area contributed by atoms with Crippen LogP contribution >= 0.6 is 0 Å². The van der Waals surface area contributed by atoms with Crippen molar-refractivity contribution in [1.82, 2.24) is 9.62 Å². The van der Waals surface area contributed by atoms with Crippen LogP contribution < -0.4 is 10.6 Å². The number of hydrogen-bond donors (Lipinski definition) is 2. The molecule has 0 radical (unpaired) electrons. The molecule has 0 unspecified atom stereocenters. The van der Waals surface area contributed by atoms with Gasteiger partial charge in [-0.25, -0.2) is 17.5 Å². The van der Waals surface area contributed by atoms with E-state index in [9.17, 15) is 13.2 Å². The Morgan fingerprint density at radius 2 is 1.91 bits per heavy atom. The van der Waals surface area contributed by atoms with Crippen LogP contribution in [0.1, 0.15) is 5.56 Å². The lowest BCUT2D eigenvalue weighted by Gasteiger charge is -2.21. The van der Waals surface area contributed by atoms with Crippen LogP contribution in [0.4, 0.5) is 10.5 Å². The Kier molecular flexibility index (Phi) is 5.61. The van der Waals surface area contributed by atoms with Crippen LogP contribution in [-0.2, 0) is 14.8 Å². The fraction of sp³-hybridized carbons (Fsp3) is 0.533. The Bertz CT molecular complexity index is 643. The number of sulfonamides is 1. The molecule has 1 saturated heterocycles. The minimum absolute atomic E-state index is 0.0462. The van der Waals surface area contributed by atoms with Crippen molar-refractivity contribution in [2.75, 3.05) is 38.4 Å². The highest BCUT2D eigenvalue weighted by Gasteiger charge is 2.34. The number of carbonyl (C=O) groups is 1. The maximum Gasteiger partial charge on any atom is 0.319 e. The molecule has 23 heavy (non-hydrogen) atoms. The van der Waals surface area contributed by atoms with Crippen molar-refractivity contribution in [2.45, 2.75) is 13.0 Å². The zero-order chi connectivity index (χ0) is 17.0. The van der Waals surface area contributed by atoms with Crippen LogP contribution in [0.3, 0.4) is 0 Å². The number of anilines is 1. The zero-order valence-electron chi connectivity index (χ0n) is 13.6. The number of nitrogens with one attached hydrogen (secondary N) is 2. The highest BCUT2D eigenvalue weighted by Crippen LogP contribution is 2.17. The van der Waals surface area contributed by atoms with E-state index in [1.807, 2.05) is 31.2 Å². The van der Waals surface area contributed by atoms with Gasteiger partial charge in [-0.1, -0.05) is 17.7 Å². The van der Waals surface area contributed by atoms with Gasteiger partial charge in [-0.15, -0.1) is 0 Å². The molecule has 2 rings (SSSR count). The van der Waals surface area contributed by atoms with Gasteiger partial charge in [0, 0.05) is 25.7 Å². The lowest BCUT2D eigenvalue weighted by Crippen LogP contribution is -2.45. The molecule has 2 N–H and O–H groups in total. The second kappa shape index (κ2) is 7.29. The smallest absolute Gasteiger partial charge is 0.319 e. The van der Waals surface area contributed by atoms with Crippen molar-refractivity contribution in [3.8, 4) is 0 Å². The van der Waals surface area contributed by atoms with Crippen molar-refractivity contribution in [2.24, 2.45) is 5.92 Å². The molecule has 1 fully saturated rings. The normalized spacial score (nSPS) is 21.4. The van der Waals surface area contributed by atoms with Gasteiger partial charge in [0.05, 0.1) is 25.0 Å². The fourth-order valence-electron chi connectivity index (χ4n) is 2.31.